The average Bonchev–Trinajstić information content (AvgIpc) is 2.87. The summed E-state index contributed by atoms with van der Waals surface area (Å²) in [6.07, 6.45) is 3.93. The zero-order valence-electron chi connectivity index (χ0n) is 8.19. The summed E-state index contributed by atoms with van der Waals surface area (Å²) in [7, 11) is 1.64. The van der Waals surface area contributed by atoms with Gasteiger partial charge in [-0.25, -0.2) is 0 Å². The third-order valence-electron chi connectivity index (χ3n) is 3.89. The van der Waals surface area contributed by atoms with Crippen molar-refractivity contribution in [3.8, 4) is 0 Å². The Kier molecular flexibility index (Phi) is 1.60. The Balaban J connectivity index is 1.87. The molecule has 4 nitrogen and oxygen atoms in total. The van der Waals surface area contributed by atoms with E-state index in [1.165, 1.54) is 19.3 Å². The molecule has 0 unspecified atom stereocenters. The number of rotatable bonds is 1. The van der Waals surface area contributed by atoms with Crippen molar-refractivity contribution in [3.63, 3.8) is 0 Å². The molecule has 0 radical (unpaired) electrons. The van der Waals surface area contributed by atoms with Gasteiger partial charge in [0, 0.05) is 7.05 Å². The number of nitrogens with one attached hydrogen (secondary N) is 1. The first kappa shape index (κ1) is 8.26. The van der Waals surface area contributed by atoms with Crippen molar-refractivity contribution in [1.29, 1.82) is 0 Å². The number of carbonyl (C=O) groups excluding carboxylic acids is 1. The second-order valence-corrected chi connectivity index (χ2v) is 4.48. The Hall–Kier alpha value is -1.06. The maximum absolute atomic E-state index is 11.5. The third kappa shape index (κ3) is 0.885. The fourth-order valence-corrected chi connectivity index (χ4v) is 3.27. The largest absolute Gasteiger partial charge is 0.391 e. The van der Waals surface area contributed by atoms with E-state index in [0.29, 0.717) is 17.5 Å². The van der Waals surface area contributed by atoms with E-state index < -0.39 is 0 Å². The van der Waals surface area contributed by atoms with Crippen LogP contribution in [-0.4, -0.2) is 24.8 Å². The van der Waals surface area contributed by atoms with E-state index in [2.05, 4.69) is 10.5 Å². The van der Waals surface area contributed by atoms with Crippen LogP contribution in [0.15, 0.2) is 5.16 Å². The number of oxime groups is 1. The summed E-state index contributed by atoms with van der Waals surface area (Å²) in [5, 5.41) is 6.57. The van der Waals surface area contributed by atoms with E-state index in [1.54, 1.807) is 7.05 Å². The molecule has 1 N–H and O–H groups in total. The minimum atomic E-state index is -0.0648. The molecule has 0 aromatic rings. The lowest BCUT2D eigenvalue weighted by Crippen LogP contribution is -2.37. The van der Waals surface area contributed by atoms with Crippen molar-refractivity contribution >= 4 is 11.6 Å². The summed E-state index contributed by atoms with van der Waals surface area (Å²) < 4.78 is 0. The van der Waals surface area contributed by atoms with Crippen LogP contribution in [0.5, 0.6) is 0 Å². The van der Waals surface area contributed by atoms with Crippen LogP contribution < -0.4 is 5.32 Å². The molecule has 4 atom stereocenters. The van der Waals surface area contributed by atoms with Crippen LogP contribution in [-0.2, 0) is 9.63 Å². The molecule has 0 saturated heterocycles. The normalized spacial score (nSPS) is 43.1. The zero-order chi connectivity index (χ0) is 9.71. The highest BCUT2D eigenvalue weighted by Crippen LogP contribution is 2.52. The smallest absolute Gasteiger partial charge is 0.269 e. The molecule has 2 bridgehead atoms. The minimum Gasteiger partial charge on any atom is -0.391 e. The van der Waals surface area contributed by atoms with Crippen molar-refractivity contribution in [1.82, 2.24) is 5.32 Å². The molecule has 4 heteroatoms. The monoisotopic (exact) mass is 194 g/mol. The number of amides is 1. The fourth-order valence-electron chi connectivity index (χ4n) is 3.27. The van der Waals surface area contributed by atoms with Gasteiger partial charge in [0.1, 0.15) is 6.10 Å². The van der Waals surface area contributed by atoms with Crippen molar-refractivity contribution in [2.75, 3.05) is 7.05 Å². The molecule has 0 aromatic heterocycles. The molecule has 14 heavy (non-hydrogen) atoms. The Morgan fingerprint density at radius 2 is 2.29 bits per heavy atom. The van der Waals surface area contributed by atoms with Crippen LogP contribution in [0.3, 0.4) is 0 Å². The van der Waals surface area contributed by atoms with Crippen molar-refractivity contribution < 1.29 is 9.63 Å². The second-order valence-electron chi connectivity index (χ2n) is 4.48. The number of hydrogen-bond donors (Lipinski definition) is 1. The van der Waals surface area contributed by atoms with Gasteiger partial charge in [-0.2, -0.15) is 0 Å². The Morgan fingerprint density at radius 1 is 1.50 bits per heavy atom. The molecule has 3 rings (SSSR count). The first-order chi connectivity index (χ1) is 6.81. The summed E-state index contributed by atoms with van der Waals surface area (Å²) in [5.74, 6) is 1.51. The number of carbonyl (C=O) groups is 1. The predicted molar refractivity (Wildman–Crippen MR) is 50.7 cm³/mol. The Bertz CT molecular complexity index is 313. The molecule has 76 valence electrons. The predicted octanol–water partition coefficient (Wildman–Crippen LogP) is 0.533. The molecule has 2 fully saturated rings. The van der Waals surface area contributed by atoms with Gasteiger partial charge in [-0.15, -0.1) is 0 Å². The first-order valence-corrected chi connectivity index (χ1v) is 5.27. The summed E-state index contributed by atoms with van der Waals surface area (Å²) in [6, 6.07) is 0. The van der Waals surface area contributed by atoms with Gasteiger partial charge < -0.3 is 10.2 Å². The molecular formula is C10H14N2O2. The van der Waals surface area contributed by atoms with Crippen LogP contribution in [0.4, 0.5) is 0 Å². The van der Waals surface area contributed by atoms with Gasteiger partial charge in [0.05, 0.1) is 5.92 Å². The van der Waals surface area contributed by atoms with E-state index in [9.17, 15) is 4.79 Å². The highest BCUT2D eigenvalue weighted by molar-refractivity contribution is 6.40. The standard InChI is InChI=1S/C10H14N2O2/c1-11-10(13)8-7-5-2-3-6(4-5)9(7)14-12-8/h5-7,9H,2-4H2,1H3,(H,11,13)/t5-,6+,7-,9-/m0/s1. The van der Waals surface area contributed by atoms with Crippen molar-refractivity contribution in [2.45, 2.75) is 25.4 Å². The Labute approximate surface area is 82.7 Å². The van der Waals surface area contributed by atoms with E-state index in [1.807, 2.05) is 0 Å². The van der Waals surface area contributed by atoms with Gasteiger partial charge in [-0.05, 0) is 31.1 Å². The number of hydrogen-bond acceptors (Lipinski definition) is 3. The maximum atomic E-state index is 11.5. The fraction of sp³-hybridized carbons (Fsp3) is 0.800. The Morgan fingerprint density at radius 3 is 3.07 bits per heavy atom. The van der Waals surface area contributed by atoms with Crippen LogP contribution in [0.25, 0.3) is 0 Å². The van der Waals surface area contributed by atoms with Crippen molar-refractivity contribution in [3.05, 3.63) is 0 Å². The molecule has 2 aliphatic carbocycles. The van der Waals surface area contributed by atoms with Crippen LogP contribution in [0.1, 0.15) is 19.3 Å². The first-order valence-electron chi connectivity index (χ1n) is 5.27. The summed E-state index contributed by atoms with van der Waals surface area (Å²) in [5.41, 5.74) is 0.629. The molecule has 1 heterocycles. The van der Waals surface area contributed by atoms with Gasteiger partial charge in [0.15, 0.2) is 5.71 Å². The highest BCUT2D eigenvalue weighted by Gasteiger charge is 2.55. The molecule has 1 amide bonds. The molecule has 3 aliphatic rings. The lowest BCUT2D eigenvalue weighted by Gasteiger charge is -2.22. The van der Waals surface area contributed by atoms with Crippen LogP contribution in [0, 0.1) is 17.8 Å². The SMILES string of the molecule is CNC(=O)C1=NO[C@H]2[C@@H]3CC[C@@H](C3)[C@@H]12. The molecular weight excluding hydrogens is 180 g/mol. The van der Waals surface area contributed by atoms with E-state index in [4.69, 9.17) is 4.84 Å². The third-order valence-corrected chi connectivity index (χ3v) is 3.89. The van der Waals surface area contributed by atoms with Crippen molar-refractivity contribution in [2.24, 2.45) is 22.9 Å². The van der Waals surface area contributed by atoms with E-state index in [-0.39, 0.29) is 17.9 Å². The maximum Gasteiger partial charge on any atom is 0.269 e. The van der Waals surface area contributed by atoms with Crippen LogP contribution >= 0.6 is 0 Å². The molecule has 2 saturated carbocycles. The highest BCUT2D eigenvalue weighted by atomic mass is 16.6. The summed E-state index contributed by atoms with van der Waals surface area (Å²) >= 11 is 0. The average molecular weight is 194 g/mol. The lowest BCUT2D eigenvalue weighted by molar-refractivity contribution is -0.114. The van der Waals surface area contributed by atoms with E-state index >= 15 is 0 Å². The second kappa shape index (κ2) is 2.72. The topological polar surface area (TPSA) is 50.7 Å². The van der Waals surface area contributed by atoms with Gasteiger partial charge in [-0.1, -0.05) is 5.16 Å². The van der Waals surface area contributed by atoms with Gasteiger partial charge in [-0.3, -0.25) is 4.79 Å². The van der Waals surface area contributed by atoms with Gasteiger partial charge >= 0.3 is 0 Å². The quantitative estimate of drug-likeness (QED) is 0.662. The van der Waals surface area contributed by atoms with Gasteiger partial charge in [0.2, 0.25) is 0 Å². The van der Waals surface area contributed by atoms with Crippen LogP contribution in [0.2, 0.25) is 0 Å². The van der Waals surface area contributed by atoms with E-state index in [0.717, 1.165) is 0 Å². The minimum absolute atomic E-state index is 0.0648. The molecule has 0 aromatic carbocycles. The lowest BCUT2D eigenvalue weighted by atomic mass is 9.83. The summed E-state index contributed by atoms with van der Waals surface area (Å²) in [4.78, 5) is 16.9. The zero-order valence-corrected chi connectivity index (χ0v) is 8.19. The molecule has 1 aliphatic heterocycles. The van der Waals surface area contributed by atoms with Gasteiger partial charge in [0.25, 0.3) is 5.91 Å². The number of nitrogens with zero attached hydrogens (tertiary/aromatic N) is 1. The summed E-state index contributed by atoms with van der Waals surface area (Å²) in [6.45, 7) is 0. The number of fused-ring (bicyclic) bond motifs is 5. The molecule has 0 spiro atoms.